The number of ether oxygens (including phenoxy) is 2. The molecule has 36 heavy (non-hydrogen) atoms. The summed E-state index contributed by atoms with van der Waals surface area (Å²) in [4.78, 5) is 37.5. The van der Waals surface area contributed by atoms with Gasteiger partial charge in [0, 0.05) is 12.5 Å². The van der Waals surface area contributed by atoms with Crippen molar-refractivity contribution in [3.63, 3.8) is 0 Å². The molecule has 186 valence electrons. The van der Waals surface area contributed by atoms with Crippen LogP contribution in [-0.2, 0) is 25.7 Å². The van der Waals surface area contributed by atoms with Gasteiger partial charge >= 0.3 is 12.1 Å². The minimum absolute atomic E-state index is 0.0917. The number of esters is 1. The van der Waals surface area contributed by atoms with Gasteiger partial charge < -0.3 is 25.2 Å². The molecule has 8 heteroatoms. The summed E-state index contributed by atoms with van der Waals surface area (Å²) in [5.74, 6) is -1.56. The van der Waals surface area contributed by atoms with Crippen LogP contribution >= 0.6 is 0 Å². The van der Waals surface area contributed by atoms with E-state index in [4.69, 9.17) is 9.47 Å². The molecule has 0 spiro atoms. The quantitative estimate of drug-likeness (QED) is 0.399. The van der Waals surface area contributed by atoms with Gasteiger partial charge in [0.15, 0.2) is 0 Å². The largest absolute Gasteiger partial charge is 0.467 e. The molecule has 2 amide bonds. The normalized spacial score (nSPS) is 13.6. The van der Waals surface area contributed by atoms with Gasteiger partial charge in [-0.05, 0) is 27.8 Å². The standard InChI is InChI=1S/C28H28N2O6/c1-35-27(33)26(25-22-13-7-5-11-20(22)21-12-6-8-14-23(21)25)30-24(32)15-19(31)16-29-28(34)36-17-18-9-3-2-4-10-18/h2-14,19,25-26,31H,15-17H2,1H3,(H,29,34)(H,30,32)/t19-,26-/m0/s1. The van der Waals surface area contributed by atoms with E-state index in [9.17, 15) is 19.5 Å². The van der Waals surface area contributed by atoms with Gasteiger partial charge in [-0.1, -0.05) is 78.9 Å². The minimum Gasteiger partial charge on any atom is -0.467 e. The fourth-order valence-electron chi connectivity index (χ4n) is 4.45. The monoisotopic (exact) mass is 488 g/mol. The van der Waals surface area contributed by atoms with Gasteiger partial charge in [0.05, 0.1) is 19.6 Å². The van der Waals surface area contributed by atoms with E-state index < -0.39 is 36.0 Å². The zero-order chi connectivity index (χ0) is 25.5. The van der Waals surface area contributed by atoms with Gasteiger partial charge in [0.25, 0.3) is 0 Å². The van der Waals surface area contributed by atoms with Crippen LogP contribution < -0.4 is 10.6 Å². The minimum atomic E-state index is -1.17. The Balaban J connectivity index is 1.37. The Morgan fingerprint density at radius 3 is 2.08 bits per heavy atom. The first-order valence-corrected chi connectivity index (χ1v) is 11.7. The summed E-state index contributed by atoms with van der Waals surface area (Å²) in [5.41, 5.74) is 4.66. The molecular formula is C28H28N2O6. The summed E-state index contributed by atoms with van der Waals surface area (Å²) in [6.45, 7) is -0.0899. The molecule has 0 heterocycles. The maximum absolute atomic E-state index is 12.8. The lowest BCUT2D eigenvalue weighted by Gasteiger charge is -2.25. The van der Waals surface area contributed by atoms with Crippen LogP contribution in [0.25, 0.3) is 11.1 Å². The van der Waals surface area contributed by atoms with E-state index in [-0.39, 0.29) is 19.6 Å². The number of fused-ring (bicyclic) bond motifs is 3. The molecule has 0 radical (unpaired) electrons. The van der Waals surface area contributed by atoms with E-state index in [1.54, 1.807) is 0 Å². The summed E-state index contributed by atoms with van der Waals surface area (Å²) in [6.07, 6.45) is -2.19. The van der Waals surface area contributed by atoms with Gasteiger partial charge in [-0.2, -0.15) is 0 Å². The van der Waals surface area contributed by atoms with Crippen molar-refractivity contribution in [2.45, 2.75) is 31.1 Å². The number of nitrogens with one attached hydrogen (secondary N) is 2. The van der Waals surface area contributed by atoms with Crippen LogP contribution in [0.3, 0.4) is 0 Å². The van der Waals surface area contributed by atoms with Gasteiger partial charge in [-0.15, -0.1) is 0 Å². The Morgan fingerprint density at radius 1 is 0.889 bits per heavy atom. The van der Waals surface area contributed by atoms with E-state index in [1.165, 1.54) is 7.11 Å². The van der Waals surface area contributed by atoms with Gasteiger partial charge in [-0.25, -0.2) is 9.59 Å². The number of alkyl carbamates (subject to hydrolysis) is 1. The average molecular weight is 489 g/mol. The first-order chi connectivity index (χ1) is 17.5. The van der Waals surface area contributed by atoms with Gasteiger partial charge in [-0.3, -0.25) is 4.79 Å². The first-order valence-electron chi connectivity index (χ1n) is 11.7. The summed E-state index contributed by atoms with van der Waals surface area (Å²) in [7, 11) is 1.27. The Morgan fingerprint density at radius 2 is 1.47 bits per heavy atom. The van der Waals surface area contributed by atoms with Crippen molar-refractivity contribution < 1.29 is 29.0 Å². The lowest BCUT2D eigenvalue weighted by atomic mass is 9.89. The SMILES string of the molecule is COC(=O)[C@@H](NC(=O)C[C@H](O)CNC(=O)OCc1ccccc1)C1c2ccccc2-c2ccccc21. The highest BCUT2D eigenvalue weighted by molar-refractivity contribution is 5.89. The zero-order valence-electron chi connectivity index (χ0n) is 19.8. The molecule has 0 bridgehead atoms. The molecule has 0 saturated carbocycles. The van der Waals surface area contributed by atoms with Crippen LogP contribution in [0, 0.1) is 0 Å². The van der Waals surface area contributed by atoms with Crippen molar-refractivity contribution in [3.8, 4) is 11.1 Å². The second-order valence-corrected chi connectivity index (χ2v) is 8.52. The van der Waals surface area contributed by atoms with Crippen LogP contribution in [-0.4, -0.2) is 48.9 Å². The Kier molecular flexibility index (Phi) is 7.97. The van der Waals surface area contributed by atoms with Gasteiger partial charge in [0.1, 0.15) is 12.6 Å². The number of methoxy groups -OCH3 is 1. The molecule has 0 aromatic heterocycles. The second kappa shape index (κ2) is 11.5. The van der Waals surface area contributed by atoms with Crippen molar-refractivity contribution in [1.82, 2.24) is 10.6 Å². The van der Waals surface area contributed by atoms with Crippen LogP contribution in [0.1, 0.15) is 29.0 Å². The molecular weight excluding hydrogens is 460 g/mol. The molecule has 3 aromatic carbocycles. The summed E-state index contributed by atoms with van der Waals surface area (Å²) in [5, 5.41) is 15.5. The third kappa shape index (κ3) is 5.72. The van der Waals surface area contributed by atoms with Crippen LogP contribution in [0.15, 0.2) is 78.9 Å². The smallest absolute Gasteiger partial charge is 0.407 e. The molecule has 1 aliphatic rings. The number of rotatable bonds is 9. The summed E-state index contributed by atoms with van der Waals surface area (Å²) in [6, 6.07) is 23.7. The number of hydrogen-bond donors (Lipinski definition) is 3. The van der Waals surface area contributed by atoms with Crippen molar-refractivity contribution in [3.05, 3.63) is 95.6 Å². The predicted octanol–water partition coefficient (Wildman–Crippen LogP) is 3.13. The maximum atomic E-state index is 12.8. The van der Waals surface area contributed by atoms with Gasteiger partial charge in [0.2, 0.25) is 5.91 Å². The Bertz CT molecular complexity index is 1180. The van der Waals surface area contributed by atoms with Crippen molar-refractivity contribution in [2.75, 3.05) is 13.7 Å². The van der Waals surface area contributed by atoms with Crippen molar-refractivity contribution in [2.24, 2.45) is 0 Å². The molecule has 0 saturated heterocycles. The van der Waals surface area contributed by atoms with E-state index in [0.29, 0.717) is 0 Å². The second-order valence-electron chi connectivity index (χ2n) is 8.52. The number of amides is 2. The first kappa shape index (κ1) is 24.9. The molecule has 3 N–H and O–H groups in total. The van der Waals surface area contributed by atoms with Crippen LogP contribution in [0.4, 0.5) is 4.79 Å². The Labute approximate surface area is 209 Å². The lowest BCUT2D eigenvalue weighted by Crippen LogP contribution is -2.47. The molecule has 4 rings (SSSR count). The molecule has 2 atom stereocenters. The number of carbonyl (C=O) groups is 3. The molecule has 3 aromatic rings. The molecule has 8 nitrogen and oxygen atoms in total. The van der Waals surface area contributed by atoms with E-state index in [1.807, 2.05) is 78.9 Å². The topological polar surface area (TPSA) is 114 Å². The van der Waals surface area contributed by atoms with Crippen LogP contribution in [0.5, 0.6) is 0 Å². The number of carbonyl (C=O) groups excluding carboxylic acids is 3. The highest BCUT2D eigenvalue weighted by atomic mass is 16.5. The summed E-state index contributed by atoms with van der Waals surface area (Å²) < 4.78 is 10.1. The number of benzene rings is 3. The third-order valence-corrected chi connectivity index (χ3v) is 6.10. The number of hydrogen-bond acceptors (Lipinski definition) is 6. The van der Waals surface area contributed by atoms with E-state index in [2.05, 4.69) is 10.6 Å². The Hall–Kier alpha value is -4.17. The lowest BCUT2D eigenvalue weighted by molar-refractivity contribution is -0.145. The predicted molar refractivity (Wildman–Crippen MR) is 133 cm³/mol. The molecule has 0 aliphatic heterocycles. The van der Waals surface area contributed by atoms with E-state index in [0.717, 1.165) is 27.8 Å². The van der Waals surface area contributed by atoms with E-state index >= 15 is 0 Å². The van der Waals surface area contributed by atoms with Crippen LogP contribution in [0.2, 0.25) is 0 Å². The third-order valence-electron chi connectivity index (χ3n) is 6.10. The maximum Gasteiger partial charge on any atom is 0.407 e. The highest BCUT2D eigenvalue weighted by Crippen LogP contribution is 2.46. The zero-order valence-corrected chi connectivity index (χ0v) is 19.8. The highest BCUT2D eigenvalue weighted by Gasteiger charge is 2.39. The fraction of sp³-hybridized carbons (Fsp3) is 0.250. The molecule has 1 aliphatic carbocycles. The van der Waals surface area contributed by atoms with Crippen molar-refractivity contribution >= 4 is 18.0 Å². The fourth-order valence-corrected chi connectivity index (χ4v) is 4.45. The summed E-state index contributed by atoms with van der Waals surface area (Å²) >= 11 is 0. The average Bonchev–Trinajstić information content (AvgIpc) is 3.24. The molecule has 0 fully saturated rings. The molecule has 0 unspecified atom stereocenters. The number of aliphatic hydroxyl groups excluding tert-OH is 1. The van der Waals surface area contributed by atoms with Crippen molar-refractivity contribution in [1.29, 1.82) is 0 Å². The number of aliphatic hydroxyl groups is 1.